The first-order valence-corrected chi connectivity index (χ1v) is 11.0. The first-order valence-electron chi connectivity index (χ1n) is 11.0. The Labute approximate surface area is 195 Å². The van der Waals surface area contributed by atoms with Gasteiger partial charge in [-0.1, -0.05) is 30.3 Å². The number of carboxylic acid groups (broad SMARTS) is 1. The van der Waals surface area contributed by atoms with Crippen LogP contribution in [0, 0.1) is 10.1 Å². The van der Waals surface area contributed by atoms with Crippen molar-refractivity contribution in [3.63, 3.8) is 0 Å². The zero-order chi connectivity index (χ0) is 24.1. The summed E-state index contributed by atoms with van der Waals surface area (Å²) in [4.78, 5) is 26.0. The molecule has 9 nitrogen and oxygen atoms in total. The van der Waals surface area contributed by atoms with Crippen LogP contribution in [-0.4, -0.2) is 39.1 Å². The molecule has 1 aliphatic carbocycles. The van der Waals surface area contributed by atoms with Crippen molar-refractivity contribution < 1.29 is 24.8 Å². The van der Waals surface area contributed by atoms with Crippen LogP contribution in [0.25, 0.3) is 0 Å². The van der Waals surface area contributed by atoms with Crippen molar-refractivity contribution in [3.8, 4) is 5.75 Å². The van der Waals surface area contributed by atoms with Crippen molar-refractivity contribution in [1.29, 1.82) is 0 Å². The first-order chi connectivity index (χ1) is 16.4. The molecule has 0 unspecified atom stereocenters. The molecule has 9 heteroatoms. The standard InChI is InChI=1S/C25H25N3O6/c29-25(30)15-20-12-17-6-7-22(14-19(17)13-18-4-1-2-5-23(18)20)34-11-3-9-26-24-16-21(28(32)33)8-10-27(24)31/h1-2,4-8,10,14,16,20,31H,3,9,11-13,15H2,(H,29,30)/t20-/m0/s1. The molecule has 3 aromatic rings. The molecule has 0 saturated carbocycles. The monoisotopic (exact) mass is 463 g/mol. The number of carbonyl (C=O) groups is 1. The second kappa shape index (κ2) is 10.2. The molecule has 34 heavy (non-hydrogen) atoms. The highest BCUT2D eigenvalue weighted by molar-refractivity contribution is 5.68. The van der Waals surface area contributed by atoms with Crippen LogP contribution in [0.5, 0.6) is 5.75 Å². The second-order valence-electron chi connectivity index (χ2n) is 8.23. The smallest absolute Gasteiger partial charge is 0.303 e. The van der Waals surface area contributed by atoms with E-state index in [1.807, 2.05) is 36.4 Å². The molecular formula is C25H25N3O6. The Morgan fingerprint density at radius 3 is 2.76 bits per heavy atom. The van der Waals surface area contributed by atoms with Gasteiger partial charge in [-0.3, -0.25) is 19.9 Å². The average Bonchev–Trinajstić information content (AvgIpc) is 2.95. The third-order valence-electron chi connectivity index (χ3n) is 5.89. The van der Waals surface area contributed by atoms with E-state index < -0.39 is 10.9 Å². The molecule has 4 rings (SSSR count). The lowest BCUT2D eigenvalue weighted by atomic mass is 9.89. The maximum Gasteiger partial charge on any atom is 0.303 e. The molecule has 0 aliphatic heterocycles. The molecular weight excluding hydrogens is 438 g/mol. The van der Waals surface area contributed by atoms with Crippen molar-refractivity contribution in [2.45, 2.75) is 31.6 Å². The predicted molar refractivity (Wildman–Crippen MR) is 123 cm³/mol. The summed E-state index contributed by atoms with van der Waals surface area (Å²) < 4.78 is 6.64. The largest absolute Gasteiger partial charge is 0.494 e. The first kappa shape index (κ1) is 23.0. The minimum atomic E-state index is -0.801. The number of rotatable bonds is 8. The summed E-state index contributed by atoms with van der Waals surface area (Å²) in [6, 6.07) is 16.3. The molecule has 0 saturated heterocycles. The minimum Gasteiger partial charge on any atom is -0.494 e. The number of hydrogen-bond donors (Lipinski definition) is 2. The molecule has 2 aromatic carbocycles. The van der Waals surface area contributed by atoms with Gasteiger partial charge in [0.05, 0.1) is 30.2 Å². The van der Waals surface area contributed by atoms with Gasteiger partial charge in [0.15, 0.2) is 5.49 Å². The zero-order valence-corrected chi connectivity index (χ0v) is 18.5. The maximum atomic E-state index is 11.4. The summed E-state index contributed by atoms with van der Waals surface area (Å²) in [7, 11) is 0. The zero-order valence-electron chi connectivity index (χ0n) is 18.5. The molecule has 0 amide bonds. The van der Waals surface area contributed by atoms with E-state index >= 15 is 0 Å². The highest BCUT2D eigenvalue weighted by atomic mass is 16.6. The number of hydrogen-bond acceptors (Lipinski definition) is 6. The molecule has 0 spiro atoms. The molecule has 1 heterocycles. The summed E-state index contributed by atoms with van der Waals surface area (Å²) in [6.07, 6.45) is 3.22. The SMILES string of the molecule is O=C(O)C[C@@H]1Cc2ccc(OCCCN=c3cc([N+](=O)[O-])ccn3O)cc2Cc2ccccc21. The van der Waals surface area contributed by atoms with Gasteiger partial charge >= 0.3 is 5.97 Å². The van der Waals surface area contributed by atoms with Crippen LogP contribution in [0.2, 0.25) is 0 Å². The van der Waals surface area contributed by atoms with Crippen molar-refractivity contribution in [2.24, 2.45) is 4.99 Å². The number of pyridine rings is 1. The van der Waals surface area contributed by atoms with Gasteiger partial charge in [0.2, 0.25) is 0 Å². The fraction of sp³-hybridized carbons (Fsp3) is 0.280. The molecule has 0 fully saturated rings. The molecule has 0 bridgehead atoms. The highest BCUT2D eigenvalue weighted by Gasteiger charge is 2.24. The highest BCUT2D eigenvalue weighted by Crippen LogP contribution is 2.35. The van der Waals surface area contributed by atoms with Gasteiger partial charge in [0, 0.05) is 19.0 Å². The van der Waals surface area contributed by atoms with Crippen LogP contribution in [0.1, 0.15) is 41.0 Å². The molecule has 176 valence electrons. The van der Waals surface area contributed by atoms with E-state index in [4.69, 9.17) is 4.74 Å². The quantitative estimate of drug-likeness (QED) is 0.227. The van der Waals surface area contributed by atoms with Crippen LogP contribution >= 0.6 is 0 Å². The summed E-state index contributed by atoms with van der Waals surface area (Å²) >= 11 is 0. The summed E-state index contributed by atoms with van der Waals surface area (Å²) in [6.45, 7) is 0.720. The Kier molecular flexibility index (Phi) is 6.91. The third kappa shape index (κ3) is 5.43. The van der Waals surface area contributed by atoms with Crippen molar-refractivity contribution in [3.05, 3.63) is 98.6 Å². The maximum absolute atomic E-state index is 11.4. The van der Waals surface area contributed by atoms with Crippen LogP contribution in [0.4, 0.5) is 5.69 Å². The predicted octanol–water partition coefficient (Wildman–Crippen LogP) is 3.71. The number of nitrogens with zero attached hydrogens (tertiary/aromatic N) is 3. The molecule has 2 N–H and O–H groups in total. The van der Waals surface area contributed by atoms with Gasteiger partial charge in [0.1, 0.15) is 5.75 Å². The number of ether oxygens (including phenoxy) is 1. The lowest BCUT2D eigenvalue weighted by molar-refractivity contribution is -0.385. The Morgan fingerprint density at radius 1 is 1.15 bits per heavy atom. The Morgan fingerprint density at radius 2 is 1.97 bits per heavy atom. The van der Waals surface area contributed by atoms with Crippen LogP contribution in [0.15, 0.2) is 65.8 Å². The Hall–Kier alpha value is -4.14. The van der Waals surface area contributed by atoms with E-state index in [2.05, 4.69) is 11.1 Å². The summed E-state index contributed by atoms with van der Waals surface area (Å²) in [5.74, 6) is -0.141. The molecule has 0 radical (unpaired) electrons. The fourth-order valence-corrected chi connectivity index (χ4v) is 4.27. The lowest BCUT2D eigenvalue weighted by Crippen LogP contribution is -2.19. The molecule has 1 aromatic heterocycles. The second-order valence-corrected chi connectivity index (χ2v) is 8.23. The van der Waals surface area contributed by atoms with Crippen LogP contribution in [0.3, 0.4) is 0 Å². The number of aromatic nitrogens is 1. The van der Waals surface area contributed by atoms with Gasteiger partial charge in [0.25, 0.3) is 5.69 Å². The average molecular weight is 463 g/mol. The van der Waals surface area contributed by atoms with E-state index in [9.17, 15) is 25.2 Å². The number of nitro groups is 1. The summed E-state index contributed by atoms with van der Waals surface area (Å²) in [5, 5.41) is 30.0. The number of aliphatic carboxylic acids is 1. The van der Waals surface area contributed by atoms with Crippen LogP contribution in [-0.2, 0) is 17.6 Å². The van der Waals surface area contributed by atoms with Crippen LogP contribution < -0.4 is 10.2 Å². The van der Waals surface area contributed by atoms with Gasteiger partial charge in [-0.2, -0.15) is 4.73 Å². The number of fused-ring (bicyclic) bond motifs is 2. The fourth-order valence-electron chi connectivity index (χ4n) is 4.27. The van der Waals surface area contributed by atoms with Crippen molar-refractivity contribution in [2.75, 3.05) is 13.2 Å². The Balaban J connectivity index is 1.42. The summed E-state index contributed by atoms with van der Waals surface area (Å²) in [5.41, 5.74) is 4.44. The lowest BCUT2D eigenvalue weighted by Gasteiger charge is -2.16. The van der Waals surface area contributed by atoms with E-state index in [1.165, 1.54) is 18.3 Å². The third-order valence-corrected chi connectivity index (χ3v) is 5.89. The number of benzene rings is 2. The van der Waals surface area contributed by atoms with Crippen molar-refractivity contribution >= 4 is 11.7 Å². The normalized spacial score (nSPS) is 15.2. The van der Waals surface area contributed by atoms with Gasteiger partial charge in [-0.05, 0) is 53.1 Å². The van der Waals surface area contributed by atoms with Gasteiger partial charge < -0.3 is 15.1 Å². The Bertz CT molecular complexity index is 1280. The molecule has 1 atom stereocenters. The minimum absolute atomic E-state index is 0.0635. The van der Waals surface area contributed by atoms with Gasteiger partial charge in [-0.15, -0.1) is 0 Å². The topological polar surface area (TPSA) is 127 Å². The number of carboxylic acids is 1. The van der Waals surface area contributed by atoms with E-state index in [-0.39, 0.29) is 23.5 Å². The van der Waals surface area contributed by atoms with Crippen molar-refractivity contribution in [1.82, 2.24) is 4.73 Å². The van der Waals surface area contributed by atoms with Gasteiger partial charge in [-0.25, -0.2) is 0 Å². The van der Waals surface area contributed by atoms with E-state index in [1.54, 1.807) is 0 Å². The van der Waals surface area contributed by atoms with E-state index in [0.29, 0.717) is 26.0 Å². The van der Waals surface area contributed by atoms with E-state index in [0.717, 1.165) is 39.2 Å². The molecule has 1 aliphatic rings.